The number of aliphatic hydroxyl groups excluding tert-OH is 1. The maximum absolute atomic E-state index is 8.75. The van der Waals surface area contributed by atoms with E-state index in [1.54, 1.807) is 0 Å². The van der Waals surface area contributed by atoms with Crippen molar-refractivity contribution >= 4 is 0 Å². The summed E-state index contributed by atoms with van der Waals surface area (Å²) in [5.41, 5.74) is 0. The fourth-order valence-electron chi connectivity index (χ4n) is 3.51. The van der Waals surface area contributed by atoms with E-state index in [9.17, 15) is 0 Å². The third-order valence-corrected chi connectivity index (χ3v) is 4.96. The van der Waals surface area contributed by atoms with Crippen LogP contribution in [0.5, 0.6) is 0 Å². The van der Waals surface area contributed by atoms with Crippen molar-refractivity contribution in [2.45, 2.75) is 90.4 Å². The molecule has 1 aliphatic carbocycles. The van der Waals surface area contributed by atoms with Crippen LogP contribution in [-0.4, -0.2) is 11.7 Å². The molecule has 0 bridgehead atoms. The maximum Gasteiger partial charge on any atom is 0.0431 e. The second kappa shape index (κ2) is 14.1. The predicted molar refractivity (Wildman–Crippen MR) is 98.0 cm³/mol. The van der Waals surface area contributed by atoms with E-state index in [4.69, 9.17) is 5.11 Å². The minimum Gasteiger partial charge on any atom is -0.396 e. The first-order valence-corrected chi connectivity index (χ1v) is 9.81. The van der Waals surface area contributed by atoms with Gasteiger partial charge in [0.2, 0.25) is 0 Å². The number of unbranched alkanes of at least 4 members (excludes halogenated alkanes) is 7. The molecule has 2 atom stereocenters. The topological polar surface area (TPSA) is 20.2 Å². The Kier molecular flexibility index (Phi) is 12.5. The lowest BCUT2D eigenvalue weighted by Gasteiger charge is -2.14. The largest absolute Gasteiger partial charge is 0.396 e. The van der Waals surface area contributed by atoms with Crippen LogP contribution in [0, 0.1) is 11.8 Å². The van der Waals surface area contributed by atoms with Crippen molar-refractivity contribution in [1.29, 1.82) is 0 Å². The lowest BCUT2D eigenvalue weighted by molar-refractivity contribution is 0.283. The summed E-state index contributed by atoms with van der Waals surface area (Å²) in [5.74, 6) is 1.73. The molecule has 1 aliphatic rings. The summed E-state index contributed by atoms with van der Waals surface area (Å²) in [6.45, 7) is 2.62. The van der Waals surface area contributed by atoms with Gasteiger partial charge in [0.1, 0.15) is 0 Å². The highest BCUT2D eigenvalue weighted by atomic mass is 16.2. The van der Waals surface area contributed by atoms with Crippen LogP contribution in [0.25, 0.3) is 0 Å². The van der Waals surface area contributed by atoms with Crippen LogP contribution < -0.4 is 0 Å². The standard InChI is InChI=1S/C21H38O/c1-2-3-4-5-8-11-15-20-17-14-18-21(20)16-12-9-6-7-10-13-19-22/h9,11-12,15,20-22H,2-8,10,13-14,16-19H2,1H3/b12-9-,15-11+/t20-,21-/m0/s1. The zero-order valence-electron chi connectivity index (χ0n) is 14.8. The molecule has 0 aromatic heterocycles. The van der Waals surface area contributed by atoms with Gasteiger partial charge in [-0.05, 0) is 63.2 Å². The molecule has 0 aromatic rings. The van der Waals surface area contributed by atoms with Gasteiger partial charge in [-0.15, -0.1) is 0 Å². The molecule has 0 radical (unpaired) electrons. The van der Waals surface area contributed by atoms with Gasteiger partial charge in [-0.2, -0.15) is 0 Å². The van der Waals surface area contributed by atoms with Crippen molar-refractivity contribution in [1.82, 2.24) is 0 Å². The molecular weight excluding hydrogens is 268 g/mol. The Balaban J connectivity index is 2.11. The molecule has 128 valence electrons. The van der Waals surface area contributed by atoms with Crippen molar-refractivity contribution in [2.75, 3.05) is 6.61 Å². The average Bonchev–Trinajstić information content (AvgIpc) is 2.97. The number of allylic oxidation sites excluding steroid dienone is 4. The summed E-state index contributed by atoms with van der Waals surface area (Å²) in [4.78, 5) is 0. The first kappa shape index (κ1) is 19.5. The first-order valence-electron chi connectivity index (χ1n) is 9.81. The first-order chi connectivity index (χ1) is 10.9. The molecule has 0 amide bonds. The molecule has 0 spiro atoms. The molecular formula is C21H38O. The van der Waals surface area contributed by atoms with E-state index in [1.807, 2.05) is 0 Å². The summed E-state index contributed by atoms with van der Waals surface area (Å²) >= 11 is 0. The van der Waals surface area contributed by atoms with Crippen molar-refractivity contribution in [2.24, 2.45) is 11.8 Å². The molecule has 0 aromatic carbocycles. The Morgan fingerprint density at radius 1 is 0.864 bits per heavy atom. The van der Waals surface area contributed by atoms with Gasteiger partial charge in [0.25, 0.3) is 0 Å². The van der Waals surface area contributed by atoms with Crippen molar-refractivity contribution < 1.29 is 5.11 Å². The van der Waals surface area contributed by atoms with Crippen molar-refractivity contribution in [3.8, 4) is 0 Å². The second-order valence-corrected chi connectivity index (χ2v) is 6.91. The van der Waals surface area contributed by atoms with Crippen LogP contribution in [0.2, 0.25) is 0 Å². The summed E-state index contributed by atoms with van der Waals surface area (Å²) < 4.78 is 0. The molecule has 1 saturated carbocycles. The second-order valence-electron chi connectivity index (χ2n) is 6.91. The molecule has 1 nitrogen and oxygen atoms in total. The van der Waals surface area contributed by atoms with Gasteiger partial charge < -0.3 is 5.11 Å². The van der Waals surface area contributed by atoms with E-state index in [1.165, 1.54) is 70.6 Å². The highest BCUT2D eigenvalue weighted by molar-refractivity contribution is 4.97. The third kappa shape index (κ3) is 9.46. The average molecular weight is 307 g/mol. The molecule has 1 heteroatoms. The zero-order valence-corrected chi connectivity index (χ0v) is 14.8. The SMILES string of the molecule is CCCCCC/C=C/[C@H]1CCC[C@@H]1C/C=C\CCCCCO. The normalized spacial score (nSPS) is 22.3. The molecule has 0 unspecified atom stereocenters. The maximum atomic E-state index is 8.75. The Morgan fingerprint density at radius 3 is 2.41 bits per heavy atom. The van der Waals surface area contributed by atoms with Crippen molar-refractivity contribution in [3.63, 3.8) is 0 Å². The van der Waals surface area contributed by atoms with Gasteiger partial charge in [0.05, 0.1) is 0 Å². The fourth-order valence-corrected chi connectivity index (χ4v) is 3.51. The van der Waals surface area contributed by atoms with Gasteiger partial charge in [0, 0.05) is 6.61 Å². The molecule has 0 heterocycles. The number of aliphatic hydroxyl groups is 1. The Bertz CT molecular complexity index is 292. The van der Waals surface area contributed by atoms with Crippen LogP contribution >= 0.6 is 0 Å². The van der Waals surface area contributed by atoms with E-state index in [-0.39, 0.29) is 0 Å². The molecule has 1 N–H and O–H groups in total. The van der Waals surface area contributed by atoms with E-state index >= 15 is 0 Å². The molecule has 1 rings (SSSR count). The van der Waals surface area contributed by atoms with E-state index in [0.717, 1.165) is 24.7 Å². The van der Waals surface area contributed by atoms with Crippen LogP contribution in [0.1, 0.15) is 90.4 Å². The Morgan fingerprint density at radius 2 is 1.64 bits per heavy atom. The summed E-state index contributed by atoms with van der Waals surface area (Å²) in [7, 11) is 0. The van der Waals surface area contributed by atoms with Crippen molar-refractivity contribution in [3.05, 3.63) is 24.3 Å². The van der Waals surface area contributed by atoms with E-state index in [0.29, 0.717) is 6.61 Å². The summed E-state index contributed by atoms with van der Waals surface area (Å²) in [6, 6.07) is 0. The summed E-state index contributed by atoms with van der Waals surface area (Å²) in [6.07, 6.45) is 26.6. The molecule has 22 heavy (non-hydrogen) atoms. The Hall–Kier alpha value is -0.560. The Labute approximate surface area is 138 Å². The summed E-state index contributed by atoms with van der Waals surface area (Å²) in [5, 5.41) is 8.75. The van der Waals surface area contributed by atoms with Gasteiger partial charge in [-0.3, -0.25) is 0 Å². The molecule has 0 saturated heterocycles. The number of hydrogen-bond acceptors (Lipinski definition) is 1. The lowest BCUT2D eigenvalue weighted by atomic mass is 9.92. The highest BCUT2D eigenvalue weighted by Gasteiger charge is 2.23. The van der Waals surface area contributed by atoms with Gasteiger partial charge in [-0.25, -0.2) is 0 Å². The van der Waals surface area contributed by atoms with E-state index in [2.05, 4.69) is 31.2 Å². The fraction of sp³-hybridized carbons (Fsp3) is 0.810. The molecule has 0 aliphatic heterocycles. The minimum atomic E-state index is 0.345. The zero-order chi connectivity index (χ0) is 15.9. The van der Waals surface area contributed by atoms with Crippen LogP contribution in [0.4, 0.5) is 0 Å². The number of hydrogen-bond donors (Lipinski definition) is 1. The van der Waals surface area contributed by atoms with Crippen LogP contribution in [0.15, 0.2) is 24.3 Å². The number of rotatable bonds is 13. The van der Waals surface area contributed by atoms with Crippen LogP contribution in [0.3, 0.4) is 0 Å². The van der Waals surface area contributed by atoms with E-state index < -0.39 is 0 Å². The lowest BCUT2D eigenvalue weighted by Crippen LogP contribution is -2.03. The predicted octanol–water partition coefficient (Wildman–Crippen LogP) is 6.43. The van der Waals surface area contributed by atoms with Crippen LogP contribution in [-0.2, 0) is 0 Å². The highest BCUT2D eigenvalue weighted by Crippen LogP contribution is 2.35. The van der Waals surface area contributed by atoms with Gasteiger partial charge >= 0.3 is 0 Å². The quantitative estimate of drug-likeness (QED) is 0.307. The smallest absolute Gasteiger partial charge is 0.0431 e. The van der Waals surface area contributed by atoms with Gasteiger partial charge in [0.15, 0.2) is 0 Å². The molecule has 1 fully saturated rings. The minimum absolute atomic E-state index is 0.345. The third-order valence-electron chi connectivity index (χ3n) is 4.96. The van der Waals surface area contributed by atoms with Gasteiger partial charge in [-0.1, -0.05) is 63.3 Å². The monoisotopic (exact) mass is 306 g/mol.